The molecule has 4 atom stereocenters. The van der Waals surface area contributed by atoms with Gasteiger partial charge in [0.15, 0.2) is 0 Å². The summed E-state index contributed by atoms with van der Waals surface area (Å²) in [4.78, 5) is 20.8. The average molecular weight is 362 g/mol. The van der Waals surface area contributed by atoms with Crippen LogP contribution in [0.2, 0.25) is 0 Å². The Hall–Kier alpha value is -2.55. The van der Waals surface area contributed by atoms with Gasteiger partial charge in [0.2, 0.25) is 0 Å². The van der Waals surface area contributed by atoms with E-state index in [1.165, 1.54) is 12.1 Å². The van der Waals surface area contributed by atoms with Crippen LogP contribution in [0, 0.1) is 38.0 Å². The summed E-state index contributed by atoms with van der Waals surface area (Å²) in [5, 5.41) is 26.5. The number of hydrogen-bond acceptors (Lipinski definition) is 7. The number of nitrogens with one attached hydrogen (secondary N) is 1. The highest BCUT2D eigenvalue weighted by Gasteiger charge is 2.50. The van der Waals surface area contributed by atoms with Crippen LogP contribution in [0.15, 0.2) is 23.3 Å². The lowest BCUT2D eigenvalue weighted by molar-refractivity contribution is -0.393. The van der Waals surface area contributed by atoms with Crippen molar-refractivity contribution in [3.05, 3.63) is 38.4 Å². The Morgan fingerprint density at radius 1 is 1.31 bits per heavy atom. The van der Waals surface area contributed by atoms with Gasteiger partial charge < -0.3 is 4.74 Å². The van der Waals surface area contributed by atoms with Gasteiger partial charge in [-0.3, -0.25) is 25.7 Å². The van der Waals surface area contributed by atoms with Crippen LogP contribution in [0.5, 0.6) is 0 Å². The van der Waals surface area contributed by atoms with Gasteiger partial charge in [-0.2, -0.15) is 5.10 Å². The number of anilines is 1. The molecular formula is C17H22N4O5. The minimum atomic E-state index is -0.658. The number of hydrogen-bond donors (Lipinski definition) is 1. The molecule has 0 aromatic heterocycles. The number of nitro groups is 2. The SMILES string of the molecule is CO[C@@]1(C)C[C@H]2C[C@@H]1CC(=NNc1ccc([N+](=O)[O-])cc1[N+](=O)[O-])[C@H]2C. The quantitative estimate of drug-likeness (QED) is 0.629. The summed E-state index contributed by atoms with van der Waals surface area (Å²) in [5.74, 6) is 1.11. The van der Waals surface area contributed by atoms with Gasteiger partial charge in [0.25, 0.3) is 5.69 Å². The summed E-state index contributed by atoms with van der Waals surface area (Å²) < 4.78 is 5.73. The maximum Gasteiger partial charge on any atom is 0.301 e. The number of non-ortho nitro benzene ring substituents is 1. The van der Waals surface area contributed by atoms with Crippen molar-refractivity contribution in [2.75, 3.05) is 12.5 Å². The predicted molar refractivity (Wildman–Crippen MR) is 96.2 cm³/mol. The Morgan fingerprint density at radius 2 is 2.04 bits per heavy atom. The van der Waals surface area contributed by atoms with E-state index in [1.54, 1.807) is 7.11 Å². The van der Waals surface area contributed by atoms with Crippen molar-refractivity contribution in [1.82, 2.24) is 0 Å². The summed E-state index contributed by atoms with van der Waals surface area (Å²) in [7, 11) is 1.74. The van der Waals surface area contributed by atoms with Crippen molar-refractivity contribution in [2.45, 2.75) is 38.7 Å². The third kappa shape index (κ3) is 3.14. The summed E-state index contributed by atoms with van der Waals surface area (Å²) in [6.07, 6.45) is 2.85. The van der Waals surface area contributed by atoms with Crippen molar-refractivity contribution in [3.8, 4) is 0 Å². The van der Waals surface area contributed by atoms with E-state index in [2.05, 4.69) is 24.4 Å². The third-order valence-electron chi connectivity index (χ3n) is 5.98. The molecule has 1 aromatic rings. The lowest BCUT2D eigenvalue weighted by Gasteiger charge is -2.31. The van der Waals surface area contributed by atoms with E-state index in [0.717, 1.165) is 31.0 Å². The second kappa shape index (κ2) is 6.64. The molecule has 2 bridgehead atoms. The molecule has 0 saturated heterocycles. The van der Waals surface area contributed by atoms with Gasteiger partial charge >= 0.3 is 5.69 Å². The van der Waals surface area contributed by atoms with Crippen molar-refractivity contribution in [3.63, 3.8) is 0 Å². The van der Waals surface area contributed by atoms with E-state index in [1.807, 2.05) is 0 Å². The van der Waals surface area contributed by atoms with Crippen LogP contribution < -0.4 is 5.43 Å². The molecule has 0 aliphatic heterocycles. The molecule has 1 aromatic carbocycles. The molecule has 140 valence electrons. The Labute approximate surface area is 150 Å². The molecule has 0 spiro atoms. The molecule has 0 heterocycles. The van der Waals surface area contributed by atoms with Crippen LogP contribution >= 0.6 is 0 Å². The minimum absolute atomic E-state index is 0.146. The first-order valence-corrected chi connectivity index (χ1v) is 8.55. The summed E-state index contributed by atoms with van der Waals surface area (Å²) in [6, 6.07) is 3.49. The summed E-state index contributed by atoms with van der Waals surface area (Å²) in [5.41, 5.74) is 3.02. The molecule has 2 saturated carbocycles. The Balaban J connectivity index is 1.84. The Kier molecular flexibility index (Phi) is 4.66. The van der Waals surface area contributed by atoms with Gasteiger partial charge in [-0.05, 0) is 50.0 Å². The van der Waals surface area contributed by atoms with Crippen LogP contribution in [-0.2, 0) is 4.74 Å². The number of fused-ring (bicyclic) bond motifs is 2. The molecule has 9 heteroatoms. The standard InChI is InChI=1S/C17H22N4O5/c1-10-11-6-12(17(2,9-11)26-3)7-15(10)19-18-14-5-4-13(20(22)23)8-16(14)21(24)25/h4-5,8,10-12,18H,6-7,9H2,1-3H3/t10-,11+,12+,17-/m0/s1. The fourth-order valence-electron chi connectivity index (χ4n) is 4.18. The molecule has 2 aliphatic rings. The summed E-state index contributed by atoms with van der Waals surface area (Å²) in [6.45, 7) is 4.25. The van der Waals surface area contributed by atoms with Crippen LogP contribution in [0.1, 0.15) is 33.1 Å². The zero-order valence-electron chi connectivity index (χ0n) is 15.0. The number of rotatable bonds is 5. The van der Waals surface area contributed by atoms with Gasteiger partial charge in [0.1, 0.15) is 5.69 Å². The van der Waals surface area contributed by atoms with E-state index < -0.39 is 9.85 Å². The largest absolute Gasteiger partial charge is 0.378 e. The van der Waals surface area contributed by atoms with Gasteiger partial charge in [-0.15, -0.1) is 0 Å². The van der Waals surface area contributed by atoms with Gasteiger partial charge in [-0.1, -0.05) is 6.92 Å². The van der Waals surface area contributed by atoms with Gasteiger partial charge in [0, 0.05) is 18.9 Å². The zero-order valence-corrected chi connectivity index (χ0v) is 15.0. The van der Waals surface area contributed by atoms with Crippen molar-refractivity contribution >= 4 is 22.8 Å². The second-order valence-corrected chi connectivity index (χ2v) is 7.34. The average Bonchev–Trinajstić information content (AvgIpc) is 2.90. The molecule has 3 rings (SSSR count). The van der Waals surface area contributed by atoms with E-state index in [9.17, 15) is 20.2 Å². The minimum Gasteiger partial charge on any atom is -0.378 e. The second-order valence-electron chi connectivity index (χ2n) is 7.34. The fraction of sp³-hybridized carbons (Fsp3) is 0.588. The number of methoxy groups -OCH3 is 1. The van der Waals surface area contributed by atoms with E-state index >= 15 is 0 Å². The number of nitrogens with zero attached hydrogens (tertiary/aromatic N) is 3. The Morgan fingerprint density at radius 3 is 2.65 bits per heavy atom. The smallest absolute Gasteiger partial charge is 0.301 e. The maximum atomic E-state index is 11.2. The number of ether oxygens (including phenoxy) is 1. The molecule has 0 unspecified atom stereocenters. The van der Waals surface area contributed by atoms with Crippen molar-refractivity contribution in [2.24, 2.45) is 22.9 Å². The molecule has 1 N–H and O–H groups in total. The van der Waals surface area contributed by atoms with E-state index in [4.69, 9.17) is 4.74 Å². The number of benzene rings is 1. The normalized spacial score (nSPS) is 31.8. The highest BCUT2D eigenvalue weighted by atomic mass is 16.6. The fourth-order valence-corrected chi connectivity index (χ4v) is 4.18. The maximum absolute atomic E-state index is 11.2. The molecule has 2 aliphatic carbocycles. The molecule has 2 fully saturated rings. The molecule has 9 nitrogen and oxygen atoms in total. The van der Waals surface area contributed by atoms with Gasteiger partial charge in [-0.25, -0.2) is 0 Å². The predicted octanol–water partition coefficient (Wildman–Crippen LogP) is 3.74. The van der Waals surface area contributed by atoms with Crippen molar-refractivity contribution < 1.29 is 14.6 Å². The highest BCUT2D eigenvalue weighted by molar-refractivity contribution is 5.89. The topological polar surface area (TPSA) is 120 Å². The Bertz CT molecular complexity index is 780. The highest BCUT2D eigenvalue weighted by Crippen LogP contribution is 2.51. The third-order valence-corrected chi connectivity index (χ3v) is 5.98. The summed E-state index contributed by atoms with van der Waals surface area (Å²) >= 11 is 0. The lowest BCUT2D eigenvalue weighted by Crippen LogP contribution is -2.33. The molecule has 26 heavy (non-hydrogen) atoms. The lowest BCUT2D eigenvalue weighted by atomic mass is 9.78. The van der Waals surface area contributed by atoms with Crippen LogP contribution in [-0.4, -0.2) is 28.3 Å². The zero-order chi connectivity index (χ0) is 19.1. The van der Waals surface area contributed by atoms with Crippen LogP contribution in [0.3, 0.4) is 0 Å². The number of hydrazone groups is 1. The first kappa shape index (κ1) is 18.2. The first-order chi connectivity index (χ1) is 12.2. The number of nitro benzene ring substituents is 2. The van der Waals surface area contributed by atoms with Gasteiger partial charge in [0.05, 0.1) is 21.5 Å². The van der Waals surface area contributed by atoms with Crippen LogP contribution in [0.25, 0.3) is 0 Å². The molecular weight excluding hydrogens is 340 g/mol. The first-order valence-electron chi connectivity index (χ1n) is 8.55. The molecule has 0 radical (unpaired) electrons. The van der Waals surface area contributed by atoms with E-state index in [0.29, 0.717) is 11.8 Å². The van der Waals surface area contributed by atoms with E-state index in [-0.39, 0.29) is 28.6 Å². The molecule has 0 amide bonds. The monoisotopic (exact) mass is 362 g/mol. The van der Waals surface area contributed by atoms with Crippen molar-refractivity contribution in [1.29, 1.82) is 0 Å². The van der Waals surface area contributed by atoms with Crippen LogP contribution in [0.4, 0.5) is 17.1 Å².